The molecular weight excluding hydrogens is 392 g/mol. The normalized spacial score (nSPS) is 14.4. The van der Waals surface area contributed by atoms with E-state index in [2.05, 4.69) is 17.4 Å². The minimum absolute atomic E-state index is 0.339. The van der Waals surface area contributed by atoms with E-state index in [1.807, 2.05) is 18.2 Å². The van der Waals surface area contributed by atoms with E-state index in [0.717, 1.165) is 19.3 Å². The molecule has 1 aliphatic heterocycles. The first-order valence-electron chi connectivity index (χ1n) is 9.57. The molecule has 7 heteroatoms. The third-order valence-corrected chi connectivity index (χ3v) is 5.48. The lowest BCUT2D eigenvalue weighted by Crippen LogP contribution is -2.44. The molecule has 0 aromatic heterocycles. The first-order valence-corrected chi connectivity index (χ1v) is 9.95. The van der Waals surface area contributed by atoms with E-state index in [1.165, 1.54) is 25.8 Å². The van der Waals surface area contributed by atoms with Crippen LogP contribution in [0, 0.1) is 5.92 Å². The monoisotopic (exact) mass is 416 g/mol. The van der Waals surface area contributed by atoms with Gasteiger partial charge in [-0.3, -0.25) is 9.59 Å². The molecule has 2 aromatic carbocycles. The van der Waals surface area contributed by atoms with Crippen molar-refractivity contribution in [2.75, 3.05) is 32.6 Å². The standard InChI is InChI=1S/C22H25ClN2O4/c1-28-19-14-18(20(29-2)13-17(19)23)24-21(26)22(27)25-10-8-16(9-11-25)12-15-6-4-3-5-7-15/h3-7,13-14,16H,8-12H2,1-2H3,(H,24,26). The molecule has 1 fully saturated rings. The highest BCUT2D eigenvalue weighted by molar-refractivity contribution is 6.40. The molecule has 0 aliphatic carbocycles. The summed E-state index contributed by atoms with van der Waals surface area (Å²) >= 11 is 6.08. The Balaban J connectivity index is 1.58. The largest absolute Gasteiger partial charge is 0.495 e. The number of benzene rings is 2. The van der Waals surface area contributed by atoms with Crippen LogP contribution < -0.4 is 14.8 Å². The van der Waals surface area contributed by atoms with E-state index < -0.39 is 11.8 Å². The number of carbonyl (C=O) groups excluding carboxylic acids is 2. The number of piperidine rings is 1. The fourth-order valence-corrected chi connectivity index (χ4v) is 3.80. The number of rotatable bonds is 5. The van der Waals surface area contributed by atoms with Gasteiger partial charge in [0, 0.05) is 25.2 Å². The summed E-state index contributed by atoms with van der Waals surface area (Å²) in [7, 11) is 2.94. The Morgan fingerprint density at radius 1 is 1.07 bits per heavy atom. The number of likely N-dealkylation sites (tertiary alicyclic amines) is 1. The van der Waals surface area contributed by atoms with E-state index in [-0.39, 0.29) is 0 Å². The van der Waals surface area contributed by atoms with Crippen molar-refractivity contribution in [3.8, 4) is 11.5 Å². The SMILES string of the molecule is COc1cc(NC(=O)C(=O)N2CCC(Cc3ccccc3)CC2)c(OC)cc1Cl. The maximum absolute atomic E-state index is 12.6. The van der Waals surface area contributed by atoms with Crippen LogP contribution in [0.25, 0.3) is 0 Å². The van der Waals surface area contributed by atoms with Crippen molar-refractivity contribution in [1.82, 2.24) is 4.90 Å². The third kappa shape index (κ3) is 5.21. The molecule has 0 spiro atoms. The molecule has 2 aromatic rings. The van der Waals surface area contributed by atoms with E-state index in [9.17, 15) is 9.59 Å². The average Bonchev–Trinajstić information content (AvgIpc) is 2.75. The number of anilines is 1. The Morgan fingerprint density at radius 3 is 2.34 bits per heavy atom. The molecule has 3 rings (SSSR count). The number of carbonyl (C=O) groups is 2. The highest BCUT2D eigenvalue weighted by Crippen LogP contribution is 2.36. The molecule has 154 valence electrons. The number of methoxy groups -OCH3 is 2. The summed E-state index contributed by atoms with van der Waals surface area (Å²) in [6, 6.07) is 13.4. The number of hydrogen-bond acceptors (Lipinski definition) is 4. The number of halogens is 1. The van der Waals surface area contributed by atoms with E-state index in [1.54, 1.807) is 11.0 Å². The van der Waals surface area contributed by atoms with Gasteiger partial charge in [-0.2, -0.15) is 0 Å². The quantitative estimate of drug-likeness (QED) is 0.753. The highest BCUT2D eigenvalue weighted by atomic mass is 35.5. The van der Waals surface area contributed by atoms with Crippen LogP contribution in [0.3, 0.4) is 0 Å². The fraction of sp³-hybridized carbons (Fsp3) is 0.364. The lowest BCUT2D eigenvalue weighted by Gasteiger charge is -2.31. The minimum atomic E-state index is -0.700. The molecule has 1 heterocycles. The number of ether oxygens (including phenoxy) is 2. The first kappa shape index (κ1) is 21.0. The summed E-state index contributed by atoms with van der Waals surface area (Å²) in [5.41, 5.74) is 1.64. The van der Waals surface area contributed by atoms with Crippen molar-refractivity contribution in [3.05, 3.63) is 53.1 Å². The smallest absolute Gasteiger partial charge is 0.314 e. The van der Waals surface area contributed by atoms with Crippen LogP contribution in [0.5, 0.6) is 11.5 Å². The first-order chi connectivity index (χ1) is 14.0. The zero-order chi connectivity index (χ0) is 20.8. The Morgan fingerprint density at radius 2 is 1.72 bits per heavy atom. The van der Waals surface area contributed by atoms with Crippen LogP contribution in [0.15, 0.2) is 42.5 Å². The van der Waals surface area contributed by atoms with E-state index in [0.29, 0.717) is 41.2 Å². The van der Waals surface area contributed by atoms with Crippen LogP contribution in [0.2, 0.25) is 5.02 Å². The van der Waals surface area contributed by atoms with Crippen LogP contribution in [-0.2, 0) is 16.0 Å². The van der Waals surface area contributed by atoms with Gasteiger partial charge in [0.05, 0.1) is 24.9 Å². The molecule has 2 amide bonds. The molecule has 0 radical (unpaired) electrons. The van der Waals surface area contributed by atoms with Gasteiger partial charge >= 0.3 is 11.8 Å². The van der Waals surface area contributed by atoms with Crippen molar-refractivity contribution in [2.24, 2.45) is 5.92 Å². The predicted octanol–water partition coefficient (Wildman–Crippen LogP) is 3.78. The summed E-state index contributed by atoms with van der Waals surface area (Å²) < 4.78 is 10.4. The number of amides is 2. The average molecular weight is 417 g/mol. The second-order valence-electron chi connectivity index (χ2n) is 7.07. The molecule has 1 aliphatic rings. The molecule has 29 heavy (non-hydrogen) atoms. The fourth-order valence-electron chi connectivity index (χ4n) is 3.57. The molecule has 0 unspecified atom stereocenters. The lowest BCUT2D eigenvalue weighted by molar-refractivity contribution is -0.144. The number of hydrogen-bond donors (Lipinski definition) is 1. The van der Waals surface area contributed by atoms with Gasteiger partial charge in [0.25, 0.3) is 0 Å². The number of nitrogens with zero attached hydrogens (tertiary/aromatic N) is 1. The van der Waals surface area contributed by atoms with Gasteiger partial charge < -0.3 is 19.7 Å². The van der Waals surface area contributed by atoms with Gasteiger partial charge in [0.1, 0.15) is 11.5 Å². The van der Waals surface area contributed by atoms with Gasteiger partial charge in [-0.05, 0) is 30.7 Å². The van der Waals surface area contributed by atoms with Crippen LogP contribution in [0.4, 0.5) is 5.69 Å². The number of nitrogens with one attached hydrogen (secondary N) is 1. The summed E-state index contributed by atoms with van der Waals surface area (Å²) in [5.74, 6) is 0.0221. The molecule has 6 nitrogen and oxygen atoms in total. The molecule has 0 saturated carbocycles. The van der Waals surface area contributed by atoms with Crippen molar-refractivity contribution in [1.29, 1.82) is 0 Å². The van der Waals surface area contributed by atoms with Crippen LogP contribution in [-0.4, -0.2) is 44.0 Å². The highest BCUT2D eigenvalue weighted by Gasteiger charge is 2.28. The molecule has 0 bridgehead atoms. The second kappa shape index (κ2) is 9.65. The topological polar surface area (TPSA) is 67.9 Å². The zero-order valence-corrected chi connectivity index (χ0v) is 17.4. The second-order valence-corrected chi connectivity index (χ2v) is 7.47. The Hall–Kier alpha value is -2.73. The van der Waals surface area contributed by atoms with E-state index >= 15 is 0 Å². The maximum atomic E-state index is 12.6. The van der Waals surface area contributed by atoms with Gasteiger partial charge in [-0.25, -0.2) is 0 Å². The van der Waals surface area contributed by atoms with Crippen molar-refractivity contribution < 1.29 is 19.1 Å². The van der Waals surface area contributed by atoms with Crippen LogP contribution >= 0.6 is 11.6 Å². The van der Waals surface area contributed by atoms with Crippen molar-refractivity contribution in [3.63, 3.8) is 0 Å². The molecule has 1 saturated heterocycles. The Kier molecular flexibility index (Phi) is 6.99. The van der Waals surface area contributed by atoms with Crippen molar-refractivity contribution in [2.45, 2.75) is 19.3 Å². The van der Waals surface area contributed by atoms with Gasteiger partial charge in [-0.1, -0.05) is 41.9 Å². The summed E-state index contributed by atoms with van der Waals surface area (Å²) in [6.45, 7) is 1.15. The summed E-state index contributed by atoms with van der Waals surface area (Å²) in [5, 5.41) is 2.97. The zero-order valence-electron chi connectivity index (χ0n) is 16.6. The van der Waals surface area contributed by atoms with Gasteiger partial charge in [0.15, 0.2) is 0 Å². The molecule has 1 N–H and O–H groups in total. The summed E-state index contributed by atoms with van der Waals surface area (Å²) in [6.07, 6.45) is 2.76. The minimum Gasteiger partial charge on any atom is -0.495 e. The van der Waals surface area contributed by atoms with Gasteiger partial charge in [0.2, 0.25) is 0 Å². The lowest BCUT2D eigenvalue weighted by atomic mass is 9.90. The van der Waals surface area contributed by atoms with Gasteiger partial charge in [-0.15, -0.1) is 0 Å². The maximum Gasteiger partial charge on any atom is 0.314 e. The summed E-state index contributed by atoms with van der Waals surface area (Å²) in [4.78, 5) is 26.7. The van der Waals surface area contributed by atoms with Crippen LogP contribution in [0.1, 0.15) is 18.4 Å². The van der Waals surface area contributed by atoms with Crippen molar-refractivity contribution >= 4 is 29.1 Å². The molecule has 0 atom stereocenters. The molecular formula is C22H25ClN2O4. The third-order valence-electron chi connectivity index (χ3n) is 5.19. The predicted molar refractivity (Wildman–Crippen MR) is 113 cm³/mol. The Bertz CT molecular complexity index is 865. The Labute approximate surface area is 175 Å². The van der Waals surface area contributed by atoms with E-state index in [4.69, 9.17) is 21.1 Å².